The average molecular weight is 326 g/mol. The number of anilines is 2. The molecule has 1 aliphatic rings. The Bertz CT molecular complexity index is 771. The van der Waals surface area contributed by atoms with Gasteiger partial charge in [0.2, 0.25) is 0 Å². The highest BCUT2D eigenvalue weighted by atomic mass is 16.5. The highest BCUT2D eigenvalue weighted by Crippen LogP contribution is 2.33. The van der Waals surface area contributed by atoms with Crippen molar-refractivity contribution in [1.29, 1.82) is 0 Å². The third-order valence-corrected chi connectivity index (χ3v) is 3.72. The van der Waals surface area contributed by atoms with E-state index >= 15 is 0 Å². The van der Waals surface area contributed by atoms with Gasteiger partial charge in [-0.15, -0.1) is 0 Å². The zero-order valence-corrected chi connectivity index (χ0v) is 13.5. The molecule has 0 saturated heterocycles. The molecule has 0 radical (unpaired) electrons. The summed E-state index contributed by atoms with van der Waals surface area (Å²) in [6, 6.07) is 12.6. The Labute approximate surface area is 140 Å². The molecule has 6 nitrogen and oxygen atoms in total. The molecule has 0 bridgehead atoms. The van der Waals surface area contributed by atoms with Crippen LogP contribution in [0.2, 0.25) is 0 Å². The van der Waals surface area contributed by atoms with Crippen molar-refractivity contribution in [2.45, 2.75) is 6.92 Å². The van der Waals surface area contributed by atoms with Crippen molar-refractivity contribution < 1.29 is 19.1 Å². The SMILES string of the molecule is Cc1ccc(OCC(=O)Nc2ccc3c(c2)OCC(=O)N3C)cc1. The van der Waals surface area contributed by atoms with Gasteiger partial charge in [0.1, 0.15) is 11.5 Å². The summed E-state index contributed by atoms with van der Waals surface area (Å²) >= 11 is 0. The fourth-order valence-electron chi connectivity index (χ4n) is 2.34. The first-order valence-corrected chi connectivity index (χ1v) is 7.55. The van der Waals surface area contributed by atoms with Gasteiger partial charge in [-0.25, -0.2) is 0 Å². The summed E-state index contributed by atoms with van der Waals surface area (Å²) in [6.07, 6.45) is 0. The Morgan fingerprint density at radius 1 is 1.25 bits per heavy atom. The van der Waals surface area contributed by atoms with Gasteiger partial charge in [-0.1, -0.05) is 17.7 Å². The van der Waals surface area contributed by atoms with Crippen LogP contribution >= 0.6 is 0 Å². The summed E-state index contributed by atoms with van der Waals surface area (Å²) in [5, 5.41) is 2.75. The molecule has 0 spiro atoms. The number of fused-ring (bicyclic) bond motifs is 1. The van der Waals surface area contributed by atoms with Crippen molar-refractivity contribution in [2.24, 2.45) is 0 Å². The van der Waals surface area contributed by atoms with Crippen LogP contribution in [-0.4, -0.2) is 32.1 Å². The predicted octanol–water partition coefficient (Wildman–Crippen LogP) is 2.37. The van der Waals surface area contributed by atoms with Crippen molar-refractivity contribution in [3.05, 3.63) is 48.0 Å². The molecular formula is C18H18N2O4. The largest absolute Gasteiger partial charge is 0.484 e. The number of aryl methyl sites for hydroxylation is 1. The highest BCUT2D eigenvalue weighted by molar-refractivity contribution is 5.98. The van der Waals surface area contributed by atoms with Gasteiger partial charge in [0.25, 0.3) is 11.8 Å². The first kappa shape index (κ1) is 15.9. The maximum atomic E-state index is 12.0. The molecule has 2 amide bonds. The number of benzene rings is 2. The molecule has 124 valence electrons. The minimum atomic E-state index is -0.268. The summed E-state index contributed by atoms with van der Waals surface area (Å²) in [6.45, 7) is 1.90. The van der Waals surface area contributed by atoms with Gasteiger partial charge < -0.3 is 19.7 Å². The Balaban J connectivity index is 1.60. The minimum absolute atomic E-state index is 0.00254. The van der Waals surface area contributed by atoms with Crippen molar-refractivity contribution >= 4 is 23.2 Å². The Morgan fingerprint density at radius 2 is 2.00 bits per heavy atom. The normalized spacial score (nSPS) is 13.1. The minimum Gasteiger partial charge on any atom is -0.484 e. The lowest BCUT2D eigenvalue weighted by molar-refractivity contribution is -0.121. The molecule has 0 aromatic heterocycles. The monoisotopic (exact) mass is 326 g/mol. The number of carbonyl (C=O) groups excluding carboxylic acids is 2. The van der Waals surface area contributed by atoms with Gasteiger partial charge in [-0.2, -0.15) is 0 Å². The predicted molar refractivity (Wildman–Crippen MR) is 90.7 cm³/mol. The number of rotatable bonds is 4. The van der Waals surface area contributed by atoms with Crippen LogP contribution in [0.25, 0.3) is 0 Å². The van der Waals surface area contributed by atoms with Crippen LogP contribution in [0.1, 0.15) is 5.56 Å². The van der Waals surface area contributed by atoms with E-state index in [9.17, 15) is 9.59 Å². The Kier molecular flexibility index (Phi) is 4.37. The van der Waals surface area contributed by atoms with Gasteiger partial charge >= 0.3 is 0 Å². The molecule has 0 fully saturated rings. The number of carbonyl (C=O) groups is 2. The lowest BCUT2D eigenvalue weighted by Crippen LogP contribution is -2.35. The van der Waals surface area contributed by atoms with Crippen LogP contribution in [0.5, 0.6) is 11.5 Å². The molecule has 24 heavy (non-hydrogen) atoms. The topological polar surface area (TPSA) is 67.9 Å². The molecule has 0 atom stereocenters. The summed E-state index contributed by atoms with van der Waals surface area (Å²) in [4.78, 5) is 25.1. The Hall–Kier alpha value is -3.02. The summed E-state index contributed by atoms with van der Waals surface area (Å²) in [5.41, 5.74) is 2.40. The van der Waals surface area contributed by atoms with Gasteiger partial charge in [0, 0.05) is 18.8 Å². The molecule has 0 saturated carbocycles. The molecule has 2 aromatic carbocycles. The molecule has 0 aliphatic carbocycles. The smallest absolute Gasteiger partial charge is 0.264 e. The average Bonchev–Trinajstić information content (AvgIpc) is 2.58. The van der Waals surface area contributed by atoms with E-state index in [2.05, 4.69) is 5.32 Å². The van der Waals surface area contributed by atoms with Crippen molar-refractivity contribution in [2.75, 3.05) is 30.5 Å². The molecule has 2 aromatic rings. The van der Waals surface area contributed by atoms with Crippen LogP contribution < -0.4 is 19.7 Å². The van der Waals surface area contributed by atoms with Crippen LogP contribution in [0.3, 0.4) is 0 Å². The summed E-state index contributed by atoms with van der Waals surface area (Å²) in [7, 11) is 1.69. The maximum Gasteiger partial charge on any atom is 0.264 e. The van der Waals surface area contributed by atoms with Gasteiger partial charge in [-0.3, -0.25) is 9.59 Å². The molecule has 1 heterocycles. The second-order valence-corrected chi connectivity index (χ2v) is 5.57. The molecular weight excluding hydrogens is 308 g/mol. The van der Waals surface area contributed by atoms with E-state index in [4.69, 9.17) is 9.47 Å². The molecule has 1 aliphatic heterocycles. The number of amides is 2. The molecule has 1 N–H and O–H groups in total. The lowest BCUT2D eigenvalue weighted by atomic mass is 10.2. The van der Waals surface area contributed by atoms with Crippen molar-refractivity contribution in [3.63, 3.8) is 0 Å². The van der Waals surface area contributed by atoms with E-state index < -0.39 is 0 Å². The standard InChI is InChI=1S/C18H18N2O4/c1-12-3-6-14(7-4-12)23-10-17(21)19-13-5-8-15-16(9-13)24-11-18(22)20(15)2/h3-9H,10-11H2,1-2H3,(H,19,21). The zero-order valence-electron chi connectivity index (χ0n) is 13.5. The number of hydrogen-bond acceptors (Lipinski definition) is 4. The summed E-state index contributed by atoms with van der Waals surface area (Å²) < 4.78 is 10.8. The maximum absolute atomic E-state index is 12.0. The molecule has 6 heteroatoms. The number of nitrogens with zero attached hydrogens (tertiary/aromatic N) is 1. The van der Waals surface area contributed by atoms with Crippen LogP contribution in [-0.2, 0) is 9.59 Å². The van der Waals surface area contributed by atoms with E-state index in [1.165, 1.54) is 4.90 Å². The molecule has 3 rings (SSSR count). The summed E-state index contributed by atoms with van der Waals surface area (Å²) in [5.74, 6) is 0.834. The van der Waals surface area contributed by atoms with Crippen LogP contribution in [0, 0.1) is 6.92 Å². The molecule has 0 unspecified atom stereocenters. The van der Waals surface area contributed by atoms with Crippen molar-refractivity contribution in [3.8, 4) is 11.5 Å². The van der Waals surface area contributed by atoms with Crippen molar-refractivity contribution in [1.82, 2.24) is 0 Å². The number of nitrogens with one attached hydrogen (secondary N) is 1. The number of ether oxygens (including phenoxy) is 2. The second kappa shape index (κ2) is 6.62. The van der Waals surface area contributed by atoms with E-state index in [-0.39, 0.29) is 25.0 Å². The second-order valence-electron chi connectivity index (χ2n) is 5.57. The number of likely N-dealkylation sites (N-methyl/N-ethyl adjacent to an activating group) is 1. The zero-order chi connectivity index (χ0) is 17.1. The third kappa shape index (κ3) is 3.48. The van der Waals surface area contributed by atoms with E-state index in [1.54, 1.807) is 25.2 Å². The van der Waals surface area contributed by atoms with Gasteiger partial charge in [-0.05, 0) is 31.2 Å². The Morgan fingerprint density at radius 3 is 2.75 bits per heavy atom. The first-order valence-electron chi connectivity index (χ1n) is 7.55. The quantitative estimate of drug-likeness (QED) is 0.936. The fraction of sp³-hybridized carbons (Fsp3) is 0.222. The highest BCUT2D eigenvalue weighted by Gasteiger charge is 2.22. The van der Waals surface area contributed by atoms with Gasteiger partial charge in [0.05, 0.1) is 5.69 Å². The van der Waals surface area contributed by atoms with E-state index in [1.807, 2.05) is 31.2 Å². The lowest BCUT2D eigenvalue weighted by Gasteiger charge is -2.26. The third-order valence-electron chi connectivity index (χ3n) is 3.72. The van der Waals surface area contributed by atoms with E-state index in [0.717, 1.165) is 5.56 Å². The number of hydrogen-bond donors (Lipinski definition) is 1. The van der Waals surface area contributed by atoms with Crippen LogP contribution in [0.4, 0.5) is 11.4 Å². The van der Waals surface area contributed by atoms with Gasteiger partial charge in [0.15, 0.2) is 13.2 Å². The van der Waals surface area contributed by atoms with Crippen LogP contribution in [0.15, 0.2) is 42.5 Å². The first-order chi connectivity index (χ1) is 11.5. The van der Waals surface area contributed by atoms with E-state index in [0.29, 0.717) is 22.9 Å². The fourth-order valence-corrected chi connectivity index (χ4v) is 2.34.